The molecule has 0 aliphatic carbocycles. The first kappa shape index (κ1) is 15.8. The van der Waals surface area contributed by atoms with Crippen LogP contribution in [0.3, 0.4) is 0 Å². The molecule has 2 aromatic rings. The topological polar surface area (TPSA) is 56.7 Å². The van der Waals surface area contributed by atoms with Crippen LogP contribution in [0.5, 0.6) is 5.75 Å². The Labute approximate surface area is 153 Å². The molecular weight excluding hydrogens is 326 g/mol. The van der Waals surface area contributed by atoms with Crippen molar-refractivity contribution in [3.63, 3.8) is 0 Å². The molecule has 4 aliphatic heterocycles. The number of fused-ring (bicyclic) bond motifs is 2. The lowest BCUT2D eigenvalue weighted by molar-refractivity contribution is -0.00348. The Morgan fingerprint density at radius 1 is 1.08 bits per heavy atom. The number of benzene rings is 1. The highest BCUT2D eigenvalue weighted by Gasteiger charge is 2.54. The third-order valence-electron chi connectivity index (χ3n) is 6.51. The van der Waals surface area contributed by atoms with E-state index in [1.54, 1.807) is 12.3 Å². The van der Waals surface area contributed by atoms with E-state index in [1.165, 1.54) is 11.8 Å². The zero-order chi connectivity index (χ0) is 17.7. The zero-order valence-corrected chi connectivity index (χ0v) is 14.7. The fraction of sp³-hybridized carbons (Fsp3) is 0.429. The number of nitrogens with zero attached hydrogens (tertiary/aromatic N) is 3. The van der Waals surface area contributed by atoms with Crippen molar-refractivity contribution in [3.05, 3.63) is 59.9 Å². The molecule has 1 N–H and O–H groups in total. The van der Waals surface area contributed by atoms with Gasteiger partial charge in [-0.3, -0.25) is 14.7 Å². The van der Waals surface area contributed by atoms with Gasteiger partial charge in [0.15, 0.2) is 0 Å². The van der Waals surface area contributed by atoms with E-state index in [1.807, 2.05) is 11.0 Å². The van der Waals surface area contributed by atoms with Gasteiger partial charge in [0.1, 0.15) is 5.75 Å². The Balaban J connectivity index is 1.54. The van der Waals surface area contributed by atoms with Crippen molar-refractivity contribution >= 4 is 5.91 Å². The number of pyridine rings is 1. The molecular formula is C21H23N3O2. The molecule has 0 saturated carbocycles. The maximum absolute atomic E-state index is 13.3. The lowest BCUT2D eigenvalue weighted by atomic mass is 9.75. The first-order chi connectivity index (χ1) is 12.7. The number of carbonyl (C=O) groups is 1. The second-order valence-corrected chi connectivity index (χ2v) is 7.72. The Hall–Kier alpha value is -2.40. The molecule has 5 heteroatoms. The highest BCUT2D eigenvalue weighted by molar-refractivity contribution is 5.97. The molecule has 5 heterocycles. The lowest BCUT2D eigenvalue weighted by Gasteiger charge is -2.51. The number of aromatic hydroxyl groups is 1. The monoisotopic (exact) mass is 349 g/mol. The molecule has 1 amide bonds. The molecule has 1 aromatic heterocycles. The van der Waals surface area contributed by atoms with Crippen molar-refractivity contribution in [2.24, 2.45) is 5.92 Å². The summed E-state index contributed by atoms with van der Waals surface area (Å²) in [6.07, 6.45) is 5.25. The third-order valence-corrected chi connectivity index (χ3v) is 6.51. The molecule has 4 aliphatic rings. The molecule has 2 bridgehead atoms. The van der Waals surface area contributed by atoms with Crippen LogP contribution in [0.1, 0.15) is 34.7 Å². The highest BCUT2D eigenvalue weighted by Crippen LogP contribution is 2.47. The summed E-state index contributed by atoms with van der Waals surface area (Å²) < 4.78 is 0. The van der Waals surface area contributed by atoms with Crippen molar-refractivity contribution in [1.82, 2.24) is 14.8 Å². The van der Waals surface area contributed by atoms with Crippen LogP contribution in [-0.4, -0.2) is 57.5 Å². The molecule has 134 valence electrons. The minimum Gasteiger partial charge on any atom is -0.505 e. The van der Waals surface area contributed by atoms with Crippen LogP contribution in [0.2, 0.25) is 0 Å². The lowest BCUT2D eigenvalue weighted by Crippen LogP contribution is -2.60. The molecule has 4 fully saturated rings. The van der Waals surface area contributed by atoms with Gasteiger partial charge in [-0.1, -0.05) is 30.3 Å². The molecule has 0 unspecified atom stereocenters. The Bertz CT molecular complexity index is 817. The van der Waals surface area contributed by atoms with Gasteiger partial charge in [-0.15, -0.1) is 0 Å². The number of rotatable bonds is 2. The summed E-state index contributed by atoms with van der Waals surface area (Å²) >= 11 is 0. The van der Waals surface area contributed by atoms with Crippen LogP contribution in [-0.2, 0) is 0 Å². The van der Waals surface area contributed by atoms with E-state index in [0.29, 0.717) is 30.0 Å². The van der Waals surface area contributed by atoms with Crippen molar-refractivity contribution in [2.45, 2.75) is 30.8 Å². The van der Waals surface area contributed by atoms with Gasteiger partial charge in [-0.2, -0.15) is 0 Å². The smallest absolute Gasteiger partial charge is 0.258 e. The number of aromatic nitrogens is 1. The minimum atomic E-state index is -0.0629. The largest absolute Gasteiger partial charge is 0.505 e. The summed E-state index contributed by atoms with van der Waals surface area (Å²) in [6.45, 7) is 2.99. The number of likely N-dealkylation sites (tertiary alicyclic amines) is 1. The van der Waals surface area contributed by atoms with Crippen LogP contribution in [0.15, 0.2) is 48.8 Å². The second-order valence-electron chi connectivity index (χ2n) is 7.72. The molecule has 0 spiro atoms. The third kappa shape index (κ3) is 2.34. The summed E-state index contributed by atoms with van der Waals surface area (Å²) in [6, 6.07) is 12.8. The number of amides is 1. The highest BCUT2D eigenvalue weighted by atomic mass is 16.3. The van der Waals surface area contributed by atoms with Gasteiger partial charge >= 0.3 is 0 Å². The normalized spacial score (nSPS) is 32.5. The first-order valence-electron chi connectivity index (χ1n) is 9.47. The maximum atomic E-state index is 13.3. The molecule has 4 saturated heterocycles. The standard InChI is InChI=1S/C21H23N3O2/c25-18-12-22-9-6-16(18)21(26)24-13-17(14-4-2-1-3-5-14)20-19(24)15-7-10-23(20)11-8-15/h1-6,9,12,15,17,19-20,25H,7-8,10-11,13H2/t17-,19+,20+/m1/s1. The van der Waals surface area contributed by atoms with Gasteiger partial charge < -0.3 is 10.0 Å². The molecule has 3 atom stereocenters. The fourth-order valence-electron chi connectivity index (χ4n) is 5.37. The van der Waals surface area contributed by atoms with E-state index < -0.39 is 0 Å². The molecule has 26 heavy (non-hydrogen) atoms. The van der Waals surface area contributed by atoms with E-state index in [4.69, 9.17) is 0 Å². The Morgan fingerprint density at radius 2 is 1.85 bits per heavy atom. The van der Waals surface area contributed by atoms with Crippen molar-refractivity contribution in [2.75, 3.05) is 19.6 Å². The molecule has 0 radical (unpaired) electrons. The first-order valence-corrected chi connectivity index (χ1v) is 9.47. The van der Waals surface area contributed by atoms with Gasteiger partial charge in [0.2, 0.25) is 0 Å². The molecule has 5 nitrogen and oxygen atoms in total. The number of hydrogen-bond donors (Lipinski definition) is 1. The van der Waals surface area contributed by atoms with Crippen LogP contribution in [0, 0.1) is 5.92 Å². The molecule has 6 rings (SSSR count). The van der Waals surface area contributed by atoms with E-state index in [0.717, 1.165) is 25.9 Å². The van der Waals surface area contributed by atoms with Gasteiger partial charge in [-0.25, -0.2) is 0 Å². The van der Waals surface area contributed by atoms with Gasteiger partial charge in [0, 0.05) is 24.7 Å². The Kier molecular flexibility index (Phi) is 3.71. The fourth-order valence-corrected chi connectivity index (χ4v) is 5.37. The maximum Gasteiger partial charge on any atom is 0.258 e. The van der Waals surface area contributed by atoms with Gasteiger partial charge in [0.25, 0.3) is 5.91 Å². The van der Waals surface area contributed by atoms with E-state index in [2.05, 4.69) is 34.1 Å². The summed E-state index contributed by atoms with van der Waals surface area (Å²) in [5, 5.41) is 10.1. The average molecular weight is 349 g/mol. The number of piperidine rings is 3. The van der Waals surface area contributed by atoms with Crippen LogP contribution >= 0.6 is 0 Å². The quantitative estimate of drug-likeness (QED) is 0.905. The van der Waals surface area contributed by atoms with Crippen LogP contribution in [0.4, 0.5) is 0 Å². The number of hydrogen-bond acceptors (Lipinski definition) is 4. The SMILES string of the molecule is O=C(c1ccncc1O)N1C[C@H](c2ccccc2)[C@H]2[C@@H]1C1CCN2CC1. The summed E-state index contributed by atoms with van der Waals surface area (Å²) in [5.74, 6) is 0.800. The second kappa shape index (κ2) is 6.09. The average Bonchev–Trinajstić information content (AvgIpc) is 3.12. The van der Waals surface area contributed by atoms with E-state index in [9.17, 15) is 9.90 Å². The molecule has 1 aromatic carbocycles. The van der Waals surface area contributed by atoms with Crippen molar-refractivity contribution in [1.29, 1.82) is 0 Å². The minimum absolute atomic E-state index is 0.0292. The number of carbonyl (C=O) groups excluding carboxylic acids is 1. The summed E-state index contributed by atoms with van der Waals surface area (Å²) in [4.78, 5) is 21.8. The van der Waals surface area contributed by atoms with Crippen molar-refractivity contribution in [3.8, 4) is 5.75 Å². The van der Waals surface area contributed by atoms with E-state index >= 15 is 0 Å². The van der Waals surface area contributed by atoms with Crippen molar-refractivity contribution < 1.29 is 9.90 Å². The summed E-state index contributed by atoms with van der Waals surface area (Å²) in [5.41, 5.74) is 1.67. The zero-order valence-electron chi connectivity index (χ0n) is 14.7. The predicted octanol–water partition coefficient (Wildman–Crippen LogP) is 2.49. The Morgan fingerprint density at radius 3 is 2.58 bits per heavy atom. The van der Waals surface area contributed by atoms with Gasteiger partial charge in [0.05, 0.1) is 17.8 Å². The van der Waals surface area contributed by atoms with Crippen LogP contribution in [0.25, 0.3) is 0 Å². The summed E-state index contributed by atoms with van der Waals surface area (Å²) in [7, 11) is 0. The van der Waals surface area contributed by atoms with Gasteiger partial charge in [-0.05, 0) is 43.5 Å². The predicted molar refractivity (Wildman–Crippen MR) is 98.0 cm³/mol. The van der Waals surface area contributed by atoms with E-state index in [-0.39, 0.29) is 17.7 Å². The van der Waals surface area contributed by atoms with Crippen LogP contribution < -0.4 is 0 Å².